The van der Waals surface area contributed by atoms with Crippen LogP contribution in [0.2, 0.25) is 5.02 Å². The number of carbonyl (C=O) groups excluding carboxylic acids is 1. The van der Waals surface area contributed by atoms with E-state index in [1.54, 1.807) is 18.4 Å². The van der Waals surface area contributed by atoms with Gasteiger partial charge in [0.2, 0.25) is 0 Å². The number of hydrogen-bond acceptors (Lipinski definition) is 3. The van der Waals surface area contributed by atoms with Gasteiger partial charge in [0.1, 0.15) is 5.76 Å². The lowest BCUT2D eigenvalue weighted by Crippen LogP contribution is -2.49. The van der Waals surface area contributed by atoms with Crippen molar-refractivity contribution in [2.24, 2.45) is 0 Å². The van der Waals surface area contributed by atoms with Crippen molar-refractivity contribution in [2.75, 3.05) is 31.5 Å². The van der Waals surface area contributed by atoms with Gasteiger partial charge in [0.05, 0.1) is 12.8 Å². The van der Waals surface area contributed by atoms with Crippen molar-refractivity contribution in [2.45, 2.75) is 6.54 Å². The van der Waals surface area contributed by atoms with Crippen LogP contribution >= 0.6 is 11.6 Å². The monoisotopic (exact) mass is 319 g/mol. The molecule has 6 heteroatoms. The average molecular weight is 320 g/mol. The summed E-state index contributed by atoms with van der Waals surface area (Å²) in [6, 6.07) is 11.0. The minimum atomic E-state index is -0.0834. The van der Waals surface area contributed by atoms with E-state index in [0.717, 1.165) is 31.1 Å². The number of benzene rings is 1. The number of carbonyl (C=O) groups is 1. The van der Waals surface area contributed by atoms with Crippen LogP contribution in [0.1, 0.15) is 5.76 Å². The standard InChI is InChI=1S/C16H18ClN3O2/c17-13-3-1-4-14(11-13)18-16(21)20-8-6-19(7-9-20)12-15-5-2-10-22-15/h1-5,10-11H,6-9,12H2,(H,18,21). The summed E-state index contributed by atoms with van der Waals surface area (Å²) in [6.45, 7) is 3.87. The summed E-state index contributed by atoms with van der Waals surface area (Å²) in [5.74, 6) is 0.955. The third kappa shape index (κ3) is 3.81. The maximum Gasteiger partial charge on any atom is 0.321 e. The van der Waals surface area contributed by atoms with Crippen LogP contribution < -0.4 is 5.32 Å². The molecule has 3 rings (SSSR count). The number of nitrogens with one attached hydrogen (secondary N) is 1. The molecule has 1 N–H and O–H groups in total. The number of anilines is 1. The summed E-state index contributed by atoms with van der Waals surface area (Å²) in [7, 11) is 0. The maximum atomic E-state index is 12.2. The van der Waals surface area contributed by atoms with E-state index in [9.17, 15) is 4.79 Å². The van der Waals surface area contributed by atoms with Crippen molar-refractivity contribution >= 4 is 23.3 Å². The van der Waals surface area contributed by atoms with Gasteiger partial charge in [0.15, 0.2) is 0 Å². The molecule has 5 nitrogen and oxygen atoms in total. The number of rotatable bonds is 3. The lowest BCUT2D eigenvalue weighted by atomic mass is 10.3. The molecule has 1 aliphatic rings. The summed E-state index contributed by atoms with van der Waals surface area (Å²) < 4.78 is 5.35. The Morgan fingerprint density at radius 3 is 2.68 bits per heavy atom. The van der Waals surface area contributed by atoms with Crippen LogP contribution in [-0.4, -0.2) is 42.0 Å². The van der Waals surface area contributed by atoms with Gasteiger partial charge in [-0.3, -0.25) is 4.90 Å². The lowest BCUT2D eigenvalue weighted by molar-refractivity contribution is 0.137. The average Bonchev–Trinajstić information content (AvgIpc) is 3.01. The molecule has 1 aromatic carbocycles. The SMILES string of the molecule is O=C(Nc1cccc(Cl)c1)N1CCN(Cc2ccco2)CC1. The van der Waals surface area contributed by atoms with Gasteiger partial charge in [-0.1, -0.05) is 17.7 Å². The van der Waals surface area contributed by atoms with Crippen molar-refractivity contribution in [1.82, 2.24) is 9.80 Å². The molecule has 0 spiro atoms. The molecule has 0 saturated carbocycles. The summed E-state index contributed by atoms with van der Waals surface area (Å²) in [5.41, 5.74) is 0.718. The summed E-state index contributed by atoms with van der Waals surface area (Å²) >= 11 is 5.92. The summed E-state index contributed by atoms with van der Waals surface area (Å²) in [5, 5.41) is 3.49. The molecule has 22 heavy (non-hydrogen) atoms. The highest BCUT2D eigenvalue weighted by Gasteiger charge is 2.21. The second-order valence-corrected chi connectivity index (χ2v) is 5.72. The van der Waals surface area contributed by atoms with Crippen LogP contribution in [0.25, 0.3) is 0 Å². The quantitative estimate of drug-likeness (QED) is 0.944. The molecule has 0 atom stereocenters. The van der Waals surface area contributed by atoms with E-state index in [1.165, 1.54) is 0 Å². The van der Waals surface area contributed by atoms with Gasteiger partial charge in [-0.25, -0.2) is 4.79 Å². The predicted octanol–water partition coefficient (Wildman–Crippen LogP) is 3.28. The lowest BCUT2D eigenvalue weighted by Gasteiger charge is -2.34. The molecule has 1 fully saturated rings. The first-order valence-corrected chi connectivity index (χ1v) is 7.65. The predicted molar refractivity (Wildman–Crippen MR) is 86.0 cm³/mol. The van der Waals surface area contributed by atoms with E-state index in [1.807, 2.05) is 29.2 Å². The first-order chi connectivity index (χ1) is 10.7. The number of hydrogen-bond donors (Lipinski definition) is 1. The number of urea groups is 1. The number of halogens is 1. The Morgan fingerprint density at radius 1 is 1.18 bits per heavy atom. The van der Waals surface area contributed by atoms with Crippen LogP contribution in [0.15, 0.2) is 47.1 Å². The smallest absolute Gasteiger partial charge is 0.321 e. The molecule has 1 aromatic heterocycles. The molecule has 2 amide bonds. The second-order valence-electron chi connectivity index (χ2n) is 5.28. The van der Waals surface area contributed by atoms with Gasteiger partial charge in [-0.15, -0.1) is 0 Å². The highest BCUT2D eigenvalue weighted by Crippen LogP contribution is 2.16. The van der Waals surface area contributed by atoms with Gasteiger partial charge in [-0.05, 0) is 30.3 Å². The highest BCUT2D eigenvalue weighted by molar-refractivity contribution is 6.30. The van der Waals surface area contributed by atoms with E-state index in [2.05, 4.69) is 10.2 Å². The molecule has 0 aliphatic carbocycles. The Morgan fingerprint density at radius 2 is 2.00 bits per heavy atom. The Balaban J connectivity index is 1.49. The molecule has 0 radical (unpaired) electrons. The molecule has 0 bridgehead atoms. The zero-order chi connectivity index (χ0) is 15.4. The highest BCUT2D eigenvalue weighted by atomic mass is 35.5. The third-order valence-corrected chi connectivity index (χ3v) is 3.93. The number of amides is 2. The van der Waals surface area contributed by atoms with Crippen molar-refractivity contribution in [3.63, 3.8) is 0 Å². The minimum absolute atomic E-state index is 0.0834. The van der Waals surface area contributed by atoms with Gasteiger partial charge < -0.3 is 14.6 Å². The van der Waals surface area contributed by atoms with Crippen LogP contribution in [-0.2, 0) is 6.54 Å². The topological polar surface area (TPSA) is 48.7 Å². The largest absolute Gasteiger partial charge is 0.468 e. The Kier molecular flexibility index (Phi) is 4.65. The van der Waals surface area contributed by atoms with E-state index >= 15 is 0 Å². The fourth-order valence-electron chi connectivity index (χ4n) is 2.50. The molecule has 1 saturated heterocycles. The Labute approximate surface area is 134 Å². The van der Waals surface area contributed by atoms with Crippen molar-refractivity contribution < 1.29 is 9.21 Å². The zero-order valence-electron chi connectivity index (χ0n) is 12.2. The van der Waals surface area contributed by atoms with Crippen LogP contribution in [0.3, 0.4) is 0 Å². The van der Waals surface area contributed by atoms with Gasteiger partial charge in [-0.2, -0.15) is 0 Å². The normalized spacial score (nSPS) is 15.8. The molecule has 2 heterocycles. The zero-order valence-corrected chi connectivity index (χ0v) is 12.9. The third-order valence-electron chi connectivity index (χ3n) is 3.69. The number of furan rings is 1. The van der Waals surface area contributed by atoms with Gasteiger partial charge in [0, 0.05) is 36.9 Å². The Hall–Kier alpha value is -1.98. The van der Waals surface area contributed by atoms with Crippen molar-refractivity contribution in [3.8, 4) is 0 Å². The molecule has 0 unspecified atom stereocenters. The fourth-order valence-corrected chi connectivity index (χ4v) is 2.69. The first-order valence-electron chi connectivity index (χ1n) is 7.27. The van der Waals surface area contributed by atoms with E-state index in [0.29, 0.717) is 18.1 Å². The first kappa shape index (κ1) is 14.9. The Bertz CT molecular complexity index is 622. The van der Waals surface area contributed by atoms with Crippen molar-refractivity contribution in [1.29, 1.82) is 0 Å². The number of piperazine rings is 1. The van der Waals surface area contributed by atoms with E-state index < -0.39 is 0 Å². The second kappa shape index (κ2) is 6.85. The fraction of sp³-hybridized carbons (Fsp3) is 0.312. The van der Waals surface area contributed by atoms with E-state index in [-0.39, 0.29) is 6.03 Å². The van der Waals surface area contributed by atoms with Crippen LogP contribution in [0.5, 0.6) is 0 Å². The summed E-state index contributed by atoms with van der Waals surface area (Å²) in [6.07, 6.45) is 1.68. The van der Waals surface area contributed by atoms with Crippen molar-refractivity contribution in [3.05, 3.63) is 53.4 Å². The minimum Gasteiger partial charge on any atom is -0.468 e. The molecule has 1 aliphatic heterocycles. The van der Waals surface area contributed by atoms with Gasteiger partial charge in [0.25, 0.3) is 0 Å². The molecular formula is C16H18ClN3O2. The molecule has 116 valence electrons. The van der Waals surface area contributed by atoms with Crippen LogP contribution in [0.4, 0.5) is 10.5 Å². The molecule has 2 aromatic rings. The summed E-state index contributed by atoms with van der Waals surface area (Å²) in [4.78, 5) is 16.3. The van der Waals surface area contributed by atoms with Gasteiger partial charge >= 0.3 is 6.03 Å². The van der Waals surface area contributed by atoms with E-state index in [4.69, 9.17) is 16.0 Å². The molecular weight excluding hydrogens is 302 g/mol. The van der Waals surface area contributed by atoms with Crippen LogP contribution in [0, 0.1) is 0 Å². The maximum absolute atomic E-state index is 12.2. The number of nitrogens with zero attached hydrogens (tertiary/aromatic N) is 2.